The highest BCUT2D eigenvalue weighted by Crippen LogP contribution is 2.38. The molecule has 6 heteroatoms. The Balaban J connectivity index is 1.83. The number of amides is 1. The second-order valence-electron chi connectivity index (χ2n) is 7.21. The molecule has 1 aromatic heterocycles. The standard InChI is InChI=1S/C22H20ClN3O2/c1-12-7-8-17(9-13(12)2)26-22-20(14(3)25-26)18(11-19(27)24-22)21(28)15-5-4-6-16(23)10-15/h4-10,18H,11H2,1-3H3,(H,24,27)/t18-/m1/s1. The summed E-state index contributed by atoms with van der Waals surface area (Å²) in [6.07, 6.45) is 0.0950. The molecule has 28 heavy (non-hydrogen) atoms. The zero-order valence-electron chi connectivity index (χ0n) is 15.9. The molecule has 0 radical (unpaired) electrons. The second-order valence-corrected chi connectivity index (χ2v) is 7.64. The molecule has 1 aliphatic rings. The van der Waals surface area contributed by atoms with Crippen molar-refractivity contribution in [3.05, 3.63) is 75.4 Å². The number of halogens is 1. The Morgan fingerprint density at radius 1 is 1.14 bits per heavy atom. The lowest BCUT2D eigenvalue weighted by atomic mass is 9.85. The molecule has 0 saturated carbocycles. The van der Waals surface area contributed by atoms with Gasteiger partial charge in [0.1, 0.15) is 5.82 Å². The van der Waals surface area contributed by atoms with Gasteiger partial charge in [-0.3, -0.25) is 9.59 Å². The molecule has 2 aromatic carbocycles. The van der Waals surface area contributed by atoms with Gasteiger partial charge in [-0.25, -0.2) is 4.68 Å². The number of aryl methyl sites for hydroxylation is 3. The Labute approximate surface area is 168 Å². The predicted molar refractivity (Wildman–Crippen MR) is 110 cm³/mol. The maximum absolute atomic E-state index is 13.2. The van der Waals surface area contributed by atoms with Crippen LogP contribution in [0.5, 0.6) is 0 Å². The SMILES string of the molecule is Cc1ccc(-n2nc(C)c3c2NC(=O)C[C@H]3C(=O)c2cccc(Cl)c2)cc1C. The monoisotopic (exact) mass is 393 g/mol. The number of aromatic nitrogens is 2. The van der Waals surface area contributed by atoms with Gasteiger partial charge in [0, 0.05) is 22.6 Å². The number of Topliss-reactive ketones (excluding diaryl/α,β-unsaturated/α-hetero) is 1. The first kappa shape index (κ1) is 18.4. The molecule has 0 unspecified atom stereocenters. The van der Waals surface area contributed by atoms with Crippen molar-refractivity contribution in [1.82, 2.24) is 9.78 Å². The molecule has 0 aliphatic carbocycles. The summed E-state index contributed by atoms with van der Waals surface area (Å²) < 4.78 is 1.71. The summed E-state index contributed by atoms with van der Waals surface area (Å²) in [5.74, 6) is -0.334. The normalized spacial score (nSPS) is 15.9. The highest BCUT2D eigenvalue weighted by atomic mass is 35.5. The zero-order chi connectivity index (χ0) is 20.0. The van der Waals surface area contributed by atoms with E-state index in [2.05, 4.69) is 10.4 Å². The van der Waals surface area contributed by atoms with Gasteiger partial charge in [-0.2, -0.15) is 5.10 Å². The minimum atomic E-state index is -0.581. The largest absolute Gasteiger partial charge is 0.310 e. The van der Waals surface area contributed by atoms with Crippen LogP contribution in [-0.4, -0.2) is 21.5 Å². The van der Waals surface area contributed by atoms with Crippen LogP contribution in [-0.2, 0) is 4.79 Å². The molecule has 1 N–H and O–H groups in total. The van der Waals surface area contributed by atoms with Crippen LogP contribution < -0.4 is 5.32 Å². The van der Waals surface area contributed by atoms with Gasteiger partial charge in [-0.05, 0) is 56.2 Å². The average Bonchev–Trinajstić information content (AvgIpc) is 2.99. The lowest BCUT2D eigenvalue weighted by Gasteiger charge is -2.23. The Morgan fingerprint density at radius 3 is 2.64 bits per heavy atom. The first-order chi connectivity index (χ1) is 13.3. The first-order valence-electron chi connectivity index (χ1n) is 9.12. The predicted octanol–water partition coefficient (Wildman–Crippen LogP) is 4.76. The smallest absolute Gasteiger partial charge is 0.226 e. The number of anilines is 1. The summed E-state index contributed by atoms with van der Waals surface area (Å²) in [4.78, 5) is 25.6. The van der Waals surface area contributed by atoms with E-state index >= 15 is 0 Å². The van der Waals surface area contributed by atoms with Crippen molar-refractivity contribution in [2.24, 2.45) is 0 Å². The number of hydrogen-bond acceptors (Lipinski definition) is 3. The third kappa shape index (κ3) is 3.12. The van der Waals surface area contributed by atoms with Gasteiger partial charge in [0.25, 0.3) is 0 Å². The number of benzene rings is 2. The van der Waals surface area contributed by atoms with Crippen molar-refractivity contribution in [3.63, 3.8) is 0 Å². The summed E-state index contributed by atoms with van der Waals surface area (Å²) in [5, 5.41) is 8.04. The zero-order valence-corrected chi connectivity index (χ0v) is 16.7. The van der Waals surface area contributed by atoms with E-state index in [1.165, 1.54) is 5.56 Å². The first-order valence-corrected chi connectivity index (χ1v) is 9.49. The number of hydrogen-bond donors (Lipinski definition) is 1. The topological polar surface area (TPSA) is 64.0 Å². The number of ketones is 1. The van der Waals surface area contributed by atoms with E-state index in [0.29, 0.717) is 16.4 Å². The highest BCUT2D eigenvalue weighted by Gasteiger charge is 2.36. The molecule has 1 aliphatic heterocycles. The maximum Gasteiger partial charge on any atom is 0.226 e. The van der Waals surface area contributed by atoms with E-state index in [9.17, 15) is 9.59 Å². The van der Waals surface area contributed by atoms with Crippen molar-refractivity contribution in [2.45, 2.75) is 33.1 Å². The summed E-state index contributed by atoms with van der Waals surface area (Å²) in [7, 11) is 0. The van der Waals surface area contributed by atoms with Gasteiger partial charge in [0.05, 0.1) is 17.3 Å². The minimum Gasteiger partial charge on any atom is -0.310 e. The molecule has 2 heterocycles. The lowest BCUT2D eigenvalue weighted by Crippen LogP contribution is -2.28. The van der Waals surface area contributed by atoms with Gasteiger partial charge >= 0.3 is 0 Å². The summed E-state index contributed by atoms with van der Waals surface area (Å²) in [6, 6.07) is 12.8. The molecule has 1 atom stereocenters. The van der Waals surface area contributed by atoms with Gasteiger partial charge in [0.2, 0.25) is 5.91 Å². The van der Waals surface area contributed by atoms with Crippen molar-refractivity contribution < 1.29 is 9.59 Å². The van der Waals surface area contributed by atoms with Gasteiger partial charge in [-0.15, -0.1) is 0 Å². The molecule has 5 nitrogen and oxygen atoms in total. The van der Waals surface area contributed by atoms with Crippen LogP contribution >= 0.6 is 11.6 Å². The molecule has 142 valence electrons. The molecule has 3 aromatic rings. The van der Waals surface area contributed by atoms with E-state index in [4.69, 9.17) is 11.6 Å². The van der Waals surface area contributed by atoms with Gasteiger partial charge < -0.3 is 5.32 Å². The fourth-order valence-corrected chi connectivity index (χ4v) is 3.85. The lowest BCUT2D eigenvalue weighted by molar-refractivity contribution is -0.116. The summed E-state index contributed by atoms with van der Waals surface area (Å²) >= 11 is 6.05. The van der Waals surface area contributed by atoms with Crippen LogP contribution in [0.3, 0.4) is 0 Å². The van der Waals surface area contributed by atoms with Crippen molar-refractivity contribution >= 4 is 29.1 Å². The highest BCUT2D eigenvalue weighted by molar-refractivity contribution is 6.31. The van der Waals surface area contributed by atoms with Gasteiger partial charge in [0.15, 0.2) is 5.78 Å². The number of nitrogens with zero attached hydrogens (tertiary/aromatic N) is 2. The Morgan fingerprint density at radius 2 is 1.93 bits per heavy atom. The third-order valence-corrected chi connectivity index (χ3v) is 5.50. The number of rotatable bonds is 3. The molecule has 4 rings (SSSR count). The van der Waals surface area contributed by atoms with E-state index in [1.54, 1.807) is 28.9 Å². The van der Waals surface area contributed by atoms with E-state index < -0.39 is 5.92 Å². The fourth-order valence-electron chi connectivity index (χ4n) is 3.66. The van der Waals surface area contributed by atoms with E-state index in [0.717, 1.165) is 22.5 Å². The maximum atomic E-state index is 13.2. The van der Waals surface area contributed by atoms with Crippen molar-refractivity contribution in [3.8, 4) is 5.69 Å². The van der Waals surface area contributed by atoms with E-state index in [-0.39, 0.29) is 18.1 Å². The Kier molecular flexibility index (Phi) is 4.55. The number of fused-ring (bicyclic) bond motifs is 1. The molecule has 0 bridgehead atoms. The number of carbonyl (C=O) groups excluding carboxylic acids is 2. The average molecular weight is 394 g/mol. The second kappa shape index (κ2) is 6.91. The quantitative estimate of drug-likeness (QED) is 0.652. The summed E-state index contributed by atoms with van der Waals surface area (Å²) in [5.41, 5.74) is 5.16. The minimum absolute atomic E-state index is 0.0950. The fraction of sp³-hybridized carbons (Fsp3) is 0.227. The van der Waals surface area contributed by atoms with Crippen LogP contribution in [0.15, 0.2) is 42.5 Å². The molecular weight excluding hydrogens is 374 g/mol. The van der Waals surface area contributed by atoms with Crippen LogP contribution in [0.2, 0.25) is 5.02 Å². The van der Waals surface area contributed by atoms with Gasteiger partial charge in [-0.1, -0.05) is 29.8 Å². The van der Waals surface area contributed by atoms with Crippen LogP contribution in [0.1, 0.15) is 45.1 Å². The van der Waals surface area contributed by atoms with Crippen LogP contribution in [0.25, 0.3) is 5.69 Å². The molecule has 0 spiro atoms. The van der Waals surface area contributed by atoms with Crippen LogP contribution in [0, 0.1) is 20.8 Å². The molecule has 0 saturated heterocycles. The van der Waals surface area contributed by atoms with Crippen LogP contribution in [0.4, 0.5) is 5.82 Å². The molecular formula is C22H20ClN3O2. The Hall–Kier alpha value is -2.92. The van der Waals surface area contributed by atoms with Crippen molar-refractivity contribution in [1.29, 1.82) is 0 Å². The molecule has 1 amide bonds. The Bertz CT molecular complexity index is 1120. The van der Waals surface area contributed by atoms with Crippen molar-refractivity contribution in [2.75, 3.05) is 5.32 Å². The number of carbonyl (C=O) groups is 2. The third-order valence-electron chi connectivity index (χ3n) is 5.26. The summed E-state index contributed by atoms with van der Waals surface area (Å²) in [6.45, 7) is 5.95. The number of nitrogens with one attached hydrogen (secondary N) is 1. The molecule has 0 fully saturated rings. The van der Waals surface area contributed by atoms with E-state index in [1.807, 2.05) is 39.0 Å².